The SMILES string of the molecule is Cc1cc(C=O)cnc1Oc1cccc(CO)c1. The van der Waals surface area contributed by atoms with Gasteiger partial charge in [0, 0.05) is 17.3 Å². The van der Waals surface area contributed by atoms with Crippen LogP contribution in [-0.2, 0) is 6.61 Å². The Hall–Kier alpha value is -2.20. The van der Waals surface area contributed by atoms with Gasteiger partial charge in [-0.2, -0.15) is 0 Å². The molecule has 2 rings (SSSR count). The van der Waals surface area contributed by atoms with Crippen molar-refractivity contribution < 1.29 is 14.6 Å². The van der Waals surface area contributed by atoms with Crippen molar-refractivity contribution >= 4 is 6.29 Å². The fourth-order valence-electron chi connectivity index (χ4n) is 1.57. The molecule has 0 amide bonds. The van der Waals surface area contributed by atoms with E-state index >= 15 is 0 Å². The molecule has 0 saturated carbocycles. The number of pyridine rings is 1. The van der Waals surface area contributed by atoms with Gasteiger partial charge in [0.1, 0.15) is 5.75 Å². The summed E-state index contributed by atoms with van der Waals surface area (Å²) < 4.78 is 5.61. The molecule has 1 aromatic heterocycles. The molecule has 18 heavy (non-hydrogen) atoms. The fourth-order valence-corrected chi connectivity index (χ4v) is 1.57. The number of nitrogens with zero attached hydrogens (tertiary/aromatic N) is 1. The molecule has 0 fully saturated rings. The number of carbonyl (C=O) groups excluding carboxylic acids is 1. The minimum absolute atomic E-state index is 0.0340. The molecule has 0 saturated heterocycles. The minimum Gasteiger partial charge on any atom is -0.439 e. The Bertz CT molecular complexity index is 567. The molecule has 0 aliphatic rings. The van der Waals surface area contributed by atoms with Crippen LogP contribution in [0.1, 0.15) is 21.5 Å². The van der Waals surface area contributed by atoms with Gasteiger partial charge in [-0.25, -0.2) is 4.98 Å². The van der Waals surface area contributed by atoms with Gasteiger partial charge in [-0.1, -0.05) is 12.1 Å². The van der Waals surface area contributed by atoms with Gasteiger partial charge in [0.15, 0.2) is 6.29 Å². The maximum atomic E-state index is 10.6. The van der Waals surface area contributed by atoms with E-state index in [-0.39, 0.29) is 6.61 Å². The Labute approximate surface area is 105 Å². The maximum absolute atomic E-state index is 10.6. The van der Waals surface area contributed by atoms with Crippen molar-refractivity contribution in [3.05, 3.63) is 53.2 Å². The molecular weight excluding hydrogens is 230 g/mol. The van der Waals surface area contributed by atoms with Gasteiger partial charge in [0.05, 0.1) is 6.61 Å². The van der Waals surface area contributed by atoms with Crippen LogP contribution in [0.2, 0.25) is 0 Å². The lowest BCUT2D eigenvalue weighted by Crippen LogP contribution is -1.94. The molecule has 4 nitrogen and oxygen atoms in total. The minimum atomic E-state index is -0.0340. The molecule has 2 aromatic rings. The van der Waals surface area contributed by atoms with E-state index in [9.17, 15) is 4.79 Å². The number of aldehydes is 1. The molecule has 0 atom stereocenters. The van der Waals surface area contributed by atoms with Crippen LogP contribution in [0.25, 0.3) is 0 Å². The second kappa shape index (κ2) is 5.42. The van der Waals surface area contributed by atoms with Crippen LogP contribution < -0.4 is 4.74 Å². The number of hydrogen-bond donors (Lipinski definition) is 1. The molecule has 1 aromatic carbocycles. The predicted octanol–water partition coefficient (Wildman–Crippen LogP) is 2.49. The van der Waals surface area contributed by atoms with E-state index < -0.39 is 0 Å². The summed E-state index contributed by atoms with van der Waals surface area (Å²) in [6, 6.07) is 8.85. The van der Waals surface area contributed by atoms with Crippen LogP contribution in [0, 0.1) is 6.92 Å². The van der Waals surface area contributed by atoms with E-state index in [0.29, 0.717) is 17.2 Å². The van der Waals surface area contributed by atoms with Crippen LogP contribution in [0.15, 0.2) is 36.5 Å². The molecule has 1 heterocycles. The second-order valence-electron chi connectivity index (χ2n) is 3.92. The van der Waals surface area contributed by atoms with Crippen LogP contribution >= 0.6 is 0 Å². The predicted molar refractivity (Wildman–Crippen MR) is 66.8 cm³/mol. The van der Waals surface area contributed by atoms with Crippen molar-refractivity contribution in [2.24, 2.45) is 0 Å². The summed E-state index contributed by atoms with van der Waals surface area (Å²) in [7, 11) is 0. The van der Waals surface area contributed by atoms with Crippen LogP contribution in [-0.4, -0.2) is 16.4 Å². The van der Waals surface area contributed by atoms with Crippen molar-refractivity contribution in [1.29, 1.82) is 0 Å². The van der Waals surface area contributed by atoms with Crippen LogP contribution in [0.5, 0.6) is 11.6 Å². The molecular formula is C14H13NO3. The van der Waals surface area contributed by atoms with E-state index in [4.69, 9.17) is 9.84 Å². The summed E-state index contributed by atoms with van der Waals surface area (Å²) in [6.07, 6.45) is 2.21. The van der Waals surface area contributed by atoms with Crippen molar-refractivity contribution in [3.63, 3.8) is 0 Å². The van der Waals surface area contributed by atoms with Gasteiger partial charge in [0.25, 0.3) is 0 Å². The van der Waals surface area contributed by atoms with Gasteiger partial charge < -0.3 is 9.84 Å². The number of carbonyl (C=O) groups is 1. The van der Waals surface area contributed by atoms with Crippen molar-refractivity contribution in [2.75, 3.05) is 0 Å². The highest BCUT2D eigenvalue weighted by Gasteiger charge is 2.04. The normalized spacial score (nSPS) is 10.1. The Kier molecular flexibility index (Phi) is 3.69. The standard InChI is InChI=1S/C14H13NO3/c1-10-5-12(9-17)7-15-14(10)18-13-4-2-3-11(6-13)8-16/h2-7,9,16H,8H2,1H3. The molecule has 0 aliphatic heterocycles. The second-order valence-corrected chi connectivity index (χ2v) is 3.92. The number of aryl methyl sites for hydroxylation is 1. The van der Waals surface area contributed by atoms with Gasteiger partial charge in [0.2, 0.25) is 5.88 Å². The summed E-state index contributed by atoms with van der Waals surface area (Å²) in [5.41, 5.74) is 2.08. The van der Waals surface area contributed by atoms with Crippen LogP contribution in [0.4, 0.5) is 0 Å². The Morgan fingerprint density at radius 3 is 2.89 bits per heavy atom. The summed E-state index contributed by atoms with van der Waals surface area (Å²) >= 11 is 0. The van der Waals surface area contributed by atoms with E-state index in [1.165, 1.54) is 6.20 Å². The van der Waals surface area contributed by atoms with Crippen molar-refractivity contribution in [2.45, 2.75) is 13.5 Å². The number of benzene rings is 1. The number of ether oxygens (including phenoxy) is 1. The first-order valence-electron chi connectivity index (χ1n) is 5.52. The average molecular weight is 243 g/mol. The average Bonchev–Trinajstić information content (AvgIpc) is 2.41. The first-order chi connectivity index (χ1) is 8.72. The van der Waals surface area contributed by atoms with Gasteiger partial charge >= 0.3 is 0 Å². The molecule has 0 bridgehead atoms. The third-order valence-corrected chi connectivity index (χ3v) is 2.48. The number of aliphatic hydroxyl groups excluding tert-OH is 1. The molecule has 0 radical (unpaired) electrons. The Balaban J connectivity index is 2.25. The van der Waals surface area contributed by atoms with E-state index in [1.807, 2.05) is 13.0 Å². The Morgan fingerprint density at radius 1 is 1.39 bits per heavy atom. The van der Waals surface area contributed by atoms with Crippen molar-refractivity contribution in [1.82, 2.24) is 4.98 Å². The van der Waals surface area contributed by atoms with Gasteiger partial charge in [-0.15, -0.1) is 0 Å². The van der Waals surface area contributed by atoms with E-state index in [1.54, 1.807) is 24.3 Å². The zero-order valence-electron chi connectivity index (χ0n) is 9.96. The quantitative estimate of drug-likeness (QED) is 0.838. The molecule has 4 heteroatoms. The number of aromatic nitrogens is 1. The van der Waals surface area contributed by atoms with Crippen molar-refractivity contribution in [3.8, 4) is 11.6 Å². The van der Waals surface area contributed by atoms with Gasteiger partial charge in [-0.3, -0.25) is 4.79 Å². The van der Waals surface area contributed by atoms with Crippen LogP contribution in [0.3, 0.4) is 0 Å². The molecule has 0 unspecified atom stereocenters. The number of hydrogen-bond acceptors (Lipinski definition) is 4. The molecule has 0 aliphatic carbocycles. The summed E-state index contributed by atoms with van der Waals surface area (Å²) in [5.74, 6) is 1.06. The summed E-state index contributed by atoms with van der Waals surface area (Å²) in [5, 5.41) is 9.04. The lowest BCUT2D eigenvalue weighted by molar-refractivity contribution is 0.112. The summed E-state index contributed by atoms with van der Waals surface area (Å²) in [6.45, 7) is 1.79. The van der Waals surface area contributed by atoms with E-state index in [0.717, 1.165) is 17.4 Å². The third kappa shape index (κ3) is 2.73. The first kappa shape index (κ1) is 12.3. The monoisotopic (exact) mass is 243 g/mol. The maximum Gasteiger partial charge on any atom is 0.222 e. The highest BCUT2D eigenvalue weighted by molar-refractivity contribution is 5.74. The van der Waals surface area contributed by atoms with Gasteiger partial charge in [-0.05, 0) is 30.7 Å². The zero-order valence-corrected chi connectivity index (χ0v) is 9.96. The fraction of sp³-hybridized carbons (Fsp3) is 0.143. The molecule has 1 N–H and O–H groups in total. The number of rotatable bonds is 4. The molecule has 0 spiro atoms. The topological polar surface area (TPSA) is 59.4 Å². The zero-order chi connectivity index (χ0) is 13.0. The Morgan fingerprint density at radius 2 is 2.22 bits per heavy atom. The molecule has 92 valence electrons. The highest BCUT2D eigenvalue weighted by atomic mass is 16.5. The highest BCUT2D eigenvalue weighted by Crippen LogP contribution is 2.23. The van der Waals surface area contributed by atoms with E-state index in [2.05, 4.69) is 4.98 Å². The third-order valence-electron chi connectivity index (χ3n) is 2.48. The number of aliphatic hydroxyl groups is 1. The lowest BCUT2D eigenvalue weighted by atomic mass is 10.2. The largest absolute Gasteiger partial charge is 0.439 e. The smallest absolute Gasteiger partial charge is 0.222 e. The lowest BCUT2D eigenvalue weighted by Gasteiger charge is -2.08. The first-order valence-corrected chi connectivity index (χ1v) is 5.52. The summed E-state index contributed by atoms with van der Waals surface area (Å²) in [4.78, 5) is 14.7.